The molecule has 0 aliphatic carbocycles. The van der Waals surface area contributed by atoms with Crippen molar-refractivity contribution in [3.63, 3.8) is 0 Å². The van der Waals surface area contributed by atoms with Crippen molar-refractivity contribution in [2.24, 2.45) is 0 Å². The van der Waals surface area contributed by atoms with E-state index in [1.54, 1.807) is 0 Å². The van der Waals surface area contributed by atoms with Crippen LogP contribution in [0, 0.1) is 13.8 Å². The molecule has 1 fully saturated rings. The normalized spacial score (nSPS) is 15.7. The zero-order valence-corrected chi connectivity index (χ0v) is 16.7. The number of nitrogens with two attached hydrogens (primary N) is 1. The number of nitrogens with zero attached hydrogens (tertiary/aromatic N) is 1. The molecule has 0 atom stereocenters. The van der Waals surface area contributed by atoms with E-state index in [1.807, 2.05) is 0 Å². The standard InChI is InChI=1S/C21H28N2O2S/c1-14-8-9-16(12-15(14)2)18-17(13-23-10-6-4-5-7-11-23)26-20(22)19(18)21(24)25-3/h8-9,12H,4-7,10-11,13,22H2,1-3H3. The Morgan fingerprint density at radius 1 is 1.15 bits per heavy atom. The molecule has 1 aliphatic rings. The highest BCUT2D eigenvalue weighted by Crippen LogP contribution is 2.40. The molecule has 0 radical (unpaired) electrons. The number of aryl methyl sites for hydroxylation is 2. The molecule has 1 aromatic heterocycles. The fourth-order valence-electron chi connectivity index (χ4n) is 3.61. The van der Waals surface area contributed by atoms with Crippen LogP contribution in [0.3, 0.4) is 0 Å². The second-order valence-electron chi connectivity index (χ2n) is 7.12. The number of carbonyl (C=O) groups excluding carboxylic acids is 1. The Bertz CT molecular complexity index is 790. The van der Waals surface area contributed by atoms with Gasteiger partial charge in [-0.15, -0.1) is 11.3 Å². The fourth-order valence-corrected chi connectivity index (χ4v) is 4.74. The number of esters is 1. The summed E-state index contributed by atoms with van der Waals surface area (Å²) in [5, 5.41) is 0.551. The number of ether oxygens (including phenoxy) is 1. The largest absolute Gasteiger partial charge is 0.465 e. The molecule has 0 unspecified atom stereocenters. The Hall–Kier alpha value is -1.85. The maximum absolute atomic E-state index is 12.4. The van der Waals surface area contributed by atoms with Crippen LogP contribution in [0.4, 0.5) is 5.00 Å². The Morgan fingerprint density at radius 3 is 2.46 bits per heavy atom. The molecule has 4 nitrogen and oxygen atoms in total. The van der Waals surface area contributed by atoms with Crippen molar-refractivity contribution in [2.45, 2.75) is 46.1 Å². The van der Waals surface area contributed by atoms with Crippen LogP contribution in [0.25, 0.3) is 11.1 Å². The molecule has 1 saturated heterocycles. The molecule has 0 spiro atoms. The van der Waals surface area contributed by atoms with Gasteiger partial charge in [0.2, 0.25) is 0 Å². The fraction of sp³-hybridized carbons (Fsp3) is 0.476. The first-order chi connectivity index (χ1) is 12.5. The molecule has 26 heavy (non-hydrogen) atoms. The van der Waals surface area contributed by atoms with E-state index in [2.05, 4.69) is 36.9 Å². The first-order valence-electron chi connectivity index (χ1n) is 9.30. The molecule has 1 aromatic carbocycles. The SMILES string of the molecule is COC(=O)c1c(N)sc(CN2CCCCCC2)c1-c1ccc(C)c(C)c1. The lowest BCUT2D eigenvalue weighted by atomic mass is 9.97. The summed E-state index contributed by atoms with van der Waals surface area (Å²) >= 11 is 1.53. The molecular weight excluding hydrogens is 344 g/mol. The van der Waals surface area contributed by atoms with Gasteiger partial charge in [0.25, 0.3) is 0 Å². The molecule has 5 heteroatoms. The summed E-state index contributed by atoms with van der Waals surface area (Å²) in [6.45, 7) is 7.25. The van der Waals surface area contributed by atoms with Crippen molar-refractivity contribution in [1.29, 1.82) is 0 Å². The monoisotopic (exact) mass is 372 g/mol. The summed E-state index contributed by atoms with van der Waals surface area (Å²) in [5.74, 6) is -0.353. The van der Waals surface area contributed by atoms with Gasteiger partial charge in [-0.1, -0.05) is 31.0 Å². The van der Waals surface area contributed by atoms with Crippen molar-refractivity contribution in [1.82, 2.24) is 4.90 Å². The van der Waals surface area contributed by atoms with Gasteiger partial charge in [0.05, 0.1) is 7.11 Å². The van der Waals surface area contributed by atoms with Gasteiger partial charge in [-0.3, -0.25) is 4.90 Å². The number of likely N-dealkylation sites (tertiary alicyclic amines) is 1. The lowest BCUT2D eigenvalue weighted by Crippen LogP contribution is -2.23. The van der Waals surface area contributed by atoms with Crippen LogP contribution in [0.1, 0.15) is 52.0 Å². The van der Waals surface area contributed by atoms with Gasteiger partial charge in [-0.05, 0) is 56.5 Å². The Balaban J connectivity index is 2.05. The predicted octanol–water partition coefficient (Wildman–Crippen LogP) is 4.78. The summed E-state index contributed by atoms with van der Waals surface area (Å²) in [6, 6.07) is 6.34. The van der Waals surface area contributed by atoms with Gasteiger partial charge in [0, 0.05) is 17.0 Å². The van der Waals surface area contributed by atoms with Crippen molar-refractivity contribution < 1.29 is 9.53 Å². The minimum absolute atomic E-state index is 0.353. The average molecular weight is 373 g/mol. The van der Waals surface area contributed by atoms with E-state index < -0.39 is 0 Å². The van der Waals surface area contributed by atoms with Gasteiger partial charge < -0.3 is 10.5 Å². The number of thiophene rings is 1. The highest BCUT2D eigenvalue weighted by Gasteiger charge is 2.25. The van der Waals surface area contributed by atoms with E-state index in [1.165, 1.54) is 55.3 Å². The molecule has 2 heterocycles. The molecule has 3 rings (SSSR count). The van der Waals surface area contributed by atoms with Crippen LogP contribution in [-0.2, 0) is 11.3 Å². The Kier molecular flexibility index (Phi) is 5.99. The van der Waals surface area contributed by atoms with Crippen molar-refractivity contribution in [2.75, 3.05) is 25.9 Å². The first kappa shape index (κ1) is 18.9. The number of methoxy groups -OCH3 is 1. The molecule has 0 bridgehead atoms. The van der Waals surface area contributed by atoms with E-state index >= 15 is 0 Å². The number of hydrogen-bond donors (Lipinski definition) is 1. The van der Waals surface area contributed by atoms with E-state index in [0.29, 0.717) is 10.6 Å². The van der Waals surface area contributed by atoms with Crippen LogP contribution in [0.5, 0.6) is 0 Å². The minimum atomic E-state index is -0.353. The second kappa shape index (κ2) is 8.23. The van der Waals surface area contributed by atoms with E-state index in [-0.39, 0.29) is 5.97 Å². The molecule has 140 valence electrons. The second-order valence-corrected chi connectivity index (χ2v) is 8.26. The van der Waals surface area contributed by atoms with Crippen LogP contribution in [0.15, 0.2) is 18.2 Å². The highest BCUT2D eigenvalue weighted by molar-refractivity contribution is 7.17. The third-order valence-electron chi connectivity index (χ3n) is 5.26. The van der Waals surface area contributed by atoms with Crippen molar-refractivity contribution >= 4 is 22.3 Å². The summed E-state index contributed by atoms with van der Waals surface area (Å²) in [6.07, 6.45) is 5.09. The zero-order valence-electron chi connectivity index (χ0n) is 15.9. The van der Waals surface area contributed by atoms with Gasteiger partial charge in [-0.25, -0.2) is 4.79 Å². The van der Waals surface area contributed by atoms with Crippen molar-refractivity contribution in [3.05, 3.63) is 39.8 Å². The maximum atomic E-state index is 12.4. The van der Waals surface area contributed by atoms with E-state index in [9.17, 15) is 4.79 Å². The maximum Gasteiger partial charge on any atom is 0.341 e. The Morgan fingerprint density at radius 2 is 1.85 bits per heavy atom. The minimum Gasteiger partial charge on any atom is -0.465 e. The average Bonchev–Trinajstić information content (AvgIpc) is 2.78. The quantitative estimate of drug-likeness (QED) is 0.785. The predicted molar refractivity (Wildman–Crippen MR) is 109 cm³/mol. The lowest BCUT2D eigenvalue weighted by molar-refractivity contribution is 0.0603. The summed E-state index contributed by atoms with van der Waals surface area (Å²) < 4.78 is 5.03. The summed E-state index contributed by atoms with van der Waals surface area (Å²) in [7, 11) is 1.41. The molecular formula is C21H28N2O2S. The molecule has 0 amide bonds. The molecule has 2 aromatic rings. The van der Waals surface area contributed by atoms with Gasteiger partial charge in [0.1, 0.15) is 10.6 Å². The lowest BCUT2D eigenvalue weighted by Gasteiger charge is -2.20. The van der Waals surface area contributed by atoms with E-state index in [0.717, 1.165) is 35.6 Å². The number of hydrogen-bond acceptors (Lipinski definition) is 5. The first-order valence-corrected chi connectivity index (χ1v) is 10.1. The number of rotatable bonds is 4. The summed E-state index contributed by atoms with van der Waals surface area (Å²) in [4.78, 5) is 16.1. The molecule has 2 N–H and O–H groups in total. The highest BCUT2D eigenvalue weighted by atomic mass is 32.1. The Labute approximate surface area is 160 Å². The third kappa shape index (κ3) is 3.94. The summed E-state index contributed by atoms with van der Waals surface area (Å²) in [5.41, 5.74) is 11.2. The van der Waals surface area contributed by atoms with Crippen LogP contribution < -0.4 is 5.73 Å². The number of nitrogen functional groups attached to an aromatic ring is 1. The van der Waals surface area contributed by atoms with Gasteiger partial charge in [0.15, 0.2) is 0 Å². The number of carbonyl (C=O) groups is 1. The van der Waals surface area contributed by atoms with Crippen LogP contribution in [-0.4, -0.2) is 31.1 Å². The topological polar surface area (TPSA) is 55.6 Å². The van der Waals surface area contributed by atoms with Crippen molar-refractivity contribution in [3.8, 4) is 11.1 Å². The smallest absolute Gasteiger partial charge is 0.341 e. The van der Waals surface area contributed by atoms with Crippen LogP contribution >= 0.6 is 11.3 Å². The van der Waals surface area contributed by atoms with Crippen LogP contribution in [0.2, 0.25) is 0 Å². The number of anilines is 1. The molecule has 1 aliphatic heterocycles. The third-order valence-corrected chi connectivity index (χ3v) is 6.26. The molecule has 0 saturated carbocycles. The van der Waals surface area contributed by atoms with Gasteiger partial charge in [-0.2, -0.15) is 0 Å². The zero-order chi connectivity index (χ0) is 18.7. The van der Waals surface area contributed by atoms with Gasteiger partial charge >= 0.3 is 5.97 Å². The van der Waals surface area contributed by atoms with E-state index in [4.69, 9.17) is 10.5 Å². The number of benzene rings is 1.